The number of benzene rings is 1. The summed E-state index contributed by atoms with van der Waals surface area (Å²) >= 11 is 11.7. The van der Waals surface area contributed by atoms with Gasteiger partial charge in [0.15, 0.2) is 0 Å². The summed E-state index contributed by atoms with van der Waals surface area (Å²) in [4.78, 5) is 13.2. The molecule has 94 valence electrons. The SMILES string of the molecule is CC(=O)N(CCCCl)c1ccc(CN)c(Cl)c1. The number of hydrogen-bond donors (Lipinski definition) is 1. The molecule has 1 amide bonds. The Morgan fingerprint density at radius 1 is 1.47 bits per heavy atom. The minimum absolute atomic E-state index is 0.0216. The zero-order chi connectivity index (χ0) is 12.8. The lowest BCUT2D eigenvalue weighted by Crippen LogP contribution is -2.29. The van der Waals surface area contributed by atoms with Crippen LogP contribution < -0.4 is 10.6 Å². The van der Waals surface area contributed by atoms with Gasteiger partial charge in [0.05, 0.1) is 0 Å². The highest BCUT2D eigenvalue weighted by Crippen LogP contribution is 2.24. The molecule has 1 aromatic carbocycles. The van der Waals surface area contributed by atoms with Gasteiger partial charge in [-0.25, -0.2) is 0 Å². The van der Waals surface area contributed by atoms with Crippen molar-refractivity contribution in [1.29, 1.82) is 0 Å². The molecule has 2 N–H and O–H groups in total. The predicted octanol–water partition coefficient (Wildman–Crippen LogP) is 2.78. The van der Waals surface area contributed by atoms with Crippen LogP contribution >= 0.6 is 23.2 Å². The Labute approximate surface area is 111 Å². The Balaban J connectivity index is 2.94. The summed E-state index contributed by atoms with van der Waals surface area (Å²) in [6, 6.07) is 5.46. The first-order chi connectivity index (χ1) is 8.10. The number of rotatable bonds is 5. The summed E-state index contributed by atoms with van der Waals surface area (Å²) in [5.74, 6) is 0.505. The first-order valence-electron chi connectivity index (χ1n) is 5.42. The van der Waals surface area contributed by atoms with E-state index in [4.69, 9.17) is 28.9 Å². The van der Waals surface area contributed by atoms with Crippen LogP contribution in [0.2, 0.25) is 5.02 Å². The summed E-state index contributed by atoms with van der Waals surface area (Å²) < 4.78 is 0. The van der Waals surface area contributed by atoms with E-state index in [0.717, 1.165) is 17.7 Å². The van der Waals surface area contributed by atoms with E-state index in [9.17, 15) is 4.79 Å². The first-order valence-corrected chi connectivity index (χ1v) is 6.34. The van der Waals surface area contributed by atoms with Gasteiger partial charge in [0.25, 0.3) is 0 Å². The number of alkyl halides is 1. The van der Waals surface area contributed by atoms with Gasteiger partial charge in [-0.1, -0.05) is 17.7 Å². The van der Waals surface area contributed by atoms with Crippen molar-refractivity contribution < 1.29 is 4.79 Å². The fourth-order valence-electron chi connectivity index (χ4n) is 1.56. The Bertz CT molecular complexity index is 396. The molecule has 0 heterocycles. The highest BCUT2D eigenvalue weighted by atomic mass is 35.5. The number of hydrogen-bond acceptors (Lipinski definition) is 2. The topological polar surface area (TPSA) is 46.3 Å². The predicted molar refractivity (Wildman–Crippen MR) is 72.7 cm³/mol. The minimum Gasteiger partial charge on any atom is -0.326 e. The van der Waals surface area contributed by atoms with Crippen LogP contribution in [-0.4, -0.2) is 18.3 Å². The third kappa shape index (κ3) is 3.87. The van der Waals surface area contributed by atoms with Gasteiger partial charge in [0.2, 0.25) is 5.91 Å². The second-order valence-corrected chi connectivity index (χ2v) is 4.48. The fourth-order valence-corrected chi connectivity index (χ4v) is 1.93. The fraction of sp³-hybridized carbons (Fsp3) is 0.417. The number of anilines is 1. The third-order valence-electron chi connectivity index (χ3n) is 2.46. The van der Waals surface area contributed by atoms with Crippen LogP contribution in [0.4, 0.5) is 5.69 Å². The number of halogens is 2. The molecule has 0 aliphatic carbocycles. The zero-order valence-corrected chi connectivity index (χ0v) is 11.3. The van der Waals surface area contributed by atoms with Crippen LogP contribution in [0.3, 0.4) is 0 Å². The largest absolute Gasteiger partial charge is 0.326 e. The maximum Gasteiger partial charge on any atom is 0.223 e. The van der Waals surface area contributed by atoms with Crippen LogP contribution in [0.25, 0.3) is 0 Å². The molecular formula is C12H16Cl2N2O. The Kier molecular flexibility index (Phi) is 5.75. The number of nitrogens with two attached hydrogens (primary N) is 1. The van der Waals surface area contributed by atoms with E-state index < -0.39 is 0 Å². The zero-order valence-electron chi connectivity index (χ0n) is 9.75. The van der Waals surface area contributed by atoms with Gasteiger partial charge in [-0.3, -0.25) is 4.79 Å². The van der Waals surface area contributed by atoms with Gasteiger partial charge in [-0.15, -0.1) is 11.6 Å². The normalized spacial score (nSPS) is 10.4. The molecule has 0 aromatic heterocycles. The average Bonchev–Trinajstić information content (AvgIpc) is 2.29. The van der Waals surface area contributed by atoms with E-state index in [2.05, 4.69) is 0 Å². The van der Waals surface area contributed by atoms with Crippen molar-refractivity contribution in [3.63, 3.8) is 0 Å². The van der Waals surface area contributed by atoms with Crippen LogP contribution in [0.1, 0.15) is 18.9 Å². The second kappa shape index (κ2) is 6.84. The molecule has 0 bridgehead atoms. The monoisotopic (exact) mass is 274 g/mol. The smallest absolute Gasteiger partial charge is 0.223 e. The molecule has 17 heavy (non-hydrogen) atoms. The lowest BCUT2D eigenvalue weighted by Gasteiger charge is -2.21. The highest BCUT2D eigenvalue weighted by Gasteiger charge is 2.12. The molecule has 0 saturated carbocycles. The van der Waals surface area contributed by atoms with E-state index in [1.165, 1.54) is 6.92 Å². The molecular weight excluding hydrogens is 259 g/mol. The molecule has 0 saturated heterocycles. The molecule has 1 aromatic rings. The molecule has 1 rings (SSSR count). The summed E-state index contributed by atoms with van der Waals surface area (Å²) in [5, 5.41) is 0.585. The van der Waals surface area contributed by atoms with E-state index in [1.807, 2.05) is 12.1 Å². The minimum atomic E-state index is -0.0216. The molecule has 0 atom stereocenters. The van der Waals surface area contributed by atoms with Crippen molar-refractivity contribution in [3.8, 4) is 0 Å². The third-order valence-corrected chi connectivity index (χ3v) is 3.08. The molecule has 0 aliphatic rings. The van der Waals surface area contributed by atoms with Gasteiger partial charge in [0, 0.05) is 36.6 Å². The van der Waals surface area contributed by atoms with Gasteiger partial charge in [0.1, 0.15) is 0 Å². The van der Waals surface area contributed by atoms with Gasteiger partial charge < -0.3 is 10.6 Å². The van der Waals surface area contributed by atoms with E-state index in [-0.39, 0.29) is 5.91 Å². The van der Waals surface area contributed by atoms with Crippen LogP contribution in [-0.2, 0) is 11.3 Å². The molecule has 0 radical (unpaired) electrons. The summed E-state index contributed by atoms with van der Waals surface area (Å²) in [6.45, 7) is 2.51. The Morgan fingerprint density at radius 2 is 2.18 bits per heavy atom. The molecule has 0 aliphatic heterocycles. The number of carbonyl (C=O) groups is 1. The average molecular weight is 275 g/mol. The number of carbonyl (C=O) groups excluding carboxylic acids is 1. The van der Waals surface area contributed by atoms with Crippen molar-refractivity contribution in [1.82, 2.24) is 0 Å². The summed E-state index contributed by atoms with van der Waals surface area (Å²) in [5.41, 5.74) is 7.19. The second-order valence-electron chi connectivity index (χ2n) is 3.69. The Hall–Kier alpha value is -0.770. The van der Waals surface area contributed by atoms with Crippen molar-refractivity contribution in [2.24, 2.45) is 5.73 Å². The van der Waals surface area contributed by atoms with Gasteiger partial charge >= 0.3 is 0 Å². The lowest BCUT2D eigenvalue weighted by molar-refractivity contribution is -0.116. The molecule has 0 fully saturated rings. The summed E-state index contributed by atoms with van der Waals surface area (Å²) in [6.07, 6.45) is 0.747. The van der Waals surface area contributed by atoms with E-state index in [1.54, 1.807) is 11.0 Å². The van der Waals surface area contributed by atoms with Crippen molar-refractivity contribution in [3.05, 3.63) is 28.8 Å². The standard InChI is InChI=1S/C12H16Cl2N2O/c1-9(17)16(6-2-5-13)11-4-3-10(8-15)12(14)7-11/h3-4,7H,2,5-6,8,15H2,1H3. The molecule has 5 heteroatoms. The van der Waals surface area contributed by atoms with Crippen LogP contribution in [0.5, 0.6) is 0 Å². The van der Waals surface area contributed by atoms with E-state index >= 15 is 0 Å². The first kappa shape index (κ1) is 14.3. The number of amides is 1. The van der Waals surface area contributed by atoms with Crippen LogP contribution in [0.15, 0.2) is 18.2 Å². The van der Waals surface area contributed by atoms with Crippen molar-refractivity contribution in [2.45, 2.75) is 19.9 Å². The van der Waals surface area contributed by atoms with Crippen LogP contribution in [0, 0.1) is 0 Å². The number of nitrogens with zero attached hydrogens (tertiary/aromatic N) is 1. The quantitative estimate of drug-likeness (QED) is 0.840. The molecule has 3 nitrogen and oxygen atoms in total. The molecule has 0 unspecified atom stereocenters. The van der Waals surface area contributed by atoms with Gasteiger partial charge in [-0.2, -0.15) is 0 Å². The maximum absolute atomic E-state index is 11.5. The Morgan fingerprint density at radius 3 is 2.65 bits per heavy atom. The van der Waals surface area contributed by atoms with E-state index in [0.29, 0.717) is 24.0 Å². The molecule has 0 spiro atoms. The lowest BCUT2D eigenvalue weighted by atomic mass is 10.2. The summed E-state index contributed by atoms with van der Waals surface area (Å²) in [7, 11) is 0. The van der Waals surface area contributed by atoms with Crippen molar-refractivity contribution >= 4 is 34.8 Å². The maximum atomic E-state index is 11.5. The van der Waals surface area contributed by atoms with Crippen molar-refractivity contribution in [2.75, 3.05) is 17.3 Å². The highest BCUT2D eigenvalue weighted by molar-refractivity contribution is 6.31. The van der Waals surface area contributed by atoms with Gasteiger partial charge in [-0.05, 0) is 24.1 Å².